The van der Waals surface area contributed by atoms with E-state index in [-0.39, 0.29) is 6.10 Å². The molecule has 3 aromatic rings. The third-order valence-corrected chi connectivity index (χ3v) is 3.65. The molecule has 1 aliphatic heterocycles. The molecule has 1 aromatic heterocycles. The molecule has 0 radical (unpaired) electrons. The van der Waals surface area contributed by atoms with Crippen LogP contribution in [0.2, 0.25) is 0 Å². The lowest BCUT2D eigenvalue weighted by molar-refractivity contribution is 0.0273. The Morgan fingerprint density at radius 1 is 0.760 bits per heavy atom. The van der Waals surface area contributed by atoms with Crippen molar-refractivity contribution in [1.29, 1.82) is 0 Å². The van der Waals surface area contributed by atoms with E-state index < -0.39 is 0 Å². The second-order valence-corrected chi connectivity index (χ2v) is 5.44. The van der Waals surface area contributed by atoms with Crippen LogP contribution in [0.3, 0.4) is 0 Å². The molecule has 5 nitrogen and oxygen atoms in total. The summed E-state index contributed by atoms with van der Waals surface area (Å²) >= 11 is 0. The predicted molar refractivity (Wildman–Crippen MR) is 92.9 cm³/mol. The van der Waals surface area contributed by atoms with Gasteiger partial charge in [-0.2, -0.15) is 0 Å². The van der Waals surface area contributed by atoms with Crippen molar-refractivity contribution in [1.82, 2.24) is 10.5 Å². The van der Waals surface area contributed by atoms with Gasteiger partial charge in [-0.25, -0.2) is 5.48 Å². The molecule has 25 heavy (non-hydrogen) atoms. The van der Waals surface area contributed by atoms with Gasteiger partial charge in [-0.15, -0.1) is 0 Å². The average Bonchev–Trinajstić information content (AvgIpc) is 3.12. The zero-order valence-electron chi connectivity index (χ0n) is 13.3. The van der Waals surface area contributed by atoms with Crippen LogP contribution in [0.25, 0.3) is 0 Å². The van der Waals surface area contributed by atoms with Crippen molar-refractivity contribution in [2.75, 3.05) is 0 Å². The molecule has 2 aromatic carbocycles. The Balaban J connectivity index is 1.42. The highest BCUT2D eigenvalue weighted by Gasteiger charge is 2.19. The van der Waals surface area contributed by atoms with Gasteiger partial charge >= 0.3 is 0 Å². The first kappa shape index (κ1) is 15.2. The maximum atomic E-state index is 5.79. The van der Waals surface area contributed by atoms with Gasteiger partial charge < -0.3 is 9.47 Å². The van der Waals surface area contributed by atoms with Gasteiger partial charge in [-0.05, 0) is 42.0 Å². The summed E-state index contributed by atoms with van der Waals surface area (Å²) in [5, 5.41) is 0. The molecule has 0 spiro atoms. The van der Waals surface area contributed by atoms with Crippen LogP contribution < -0.4 is 15.0 Å². The van der Waals surface area contributed by atoms with Crippen LogP contribution >= 0.6 is 0 Å². The molecule has 1 unspecified atom stereocenters. The fourth-order valence-electron chi connectivity index (χ4n) is 2.43. The average molecular weight is 332 g/mol. The number of para-hydroxylation sites is 1. The lowest BCUT2D eigenvalue weighted by Crippen LogP contribution is -2.12. The van der Waals surface area contributed by atoms with Gasteiger partial charge in [0.2, 0.25) is 5.88 Å². The van der Waals surface area contributed by atoms with E-state index in [4.69, 9.17) is 14.3 Å². The van der Waals surface area contributed by atoms with Crippen LogP contribution in [-0.4, -0.2) is 4.98 Å². The molecule has 2 heterocycles. The Morgan fingerprint density at radius 3 is 2.20 bits per heavy atom. The number of rotatable bonds is 5. The van der Waals surface area contributed by atoms with E-state index in [0.29, 0.717) is 11.6 Å². The summed E-state index contributed by atoms with van der Waals surface area (Å²) in [4.78, 5) is 9.52. The van der Waals surface area contributed by atoms with Crippen LogP contribution in [0.4, 0.5) is 0 Å². The summed E-state index contributed by atoms with van der Waals surface area (Å²) in [7, 11) is 0. The van der Waals surface area contributed by atoms with Crippen molar-refractivity contribution in [2.24, 2.45) is 0 Å². The first-order chi connectivity index (χ1) is 12.4. The van der Waals surface area contributed by atoms with E-state index in [1.54, 1.807) is 24.5 Å². The third-order valence-electron chi connectivity index (χ3n) is 3.65. The van der Waals surface area contributed by atoms with E-state index in [1.165, 1.54) is 0 Å². The lowest BCUT2D eigenvalue weighted by atomic mass is 10.1. The van der Waals surface area contributed by atoms with Gasteiger partial charge in [0.15, 0.2) is 0 Å². The van der Waals surface area contributed by atoms with Crippen LogP contribution in [0.1, 0.15) is 11.7 Å². The number of aromatic nitrogens is 1. The van der Waals surface area contributed by atoms with Crippen LogP contribution in [0.5, 0.6) is 17.2 Å². The second kappa shape index (κ2) is 7.07. The molecular formula is C20H16N2O3. The molecule has 0 amide bonds. The molecule has 0 aliphatic carbocycles. The molecule has 0 saturated carbocycles. The summed E-state index contributed by atoms with van der Waals surface area (Å²) < 4.78 is 11.5. The van der Waals surface area contributed by atoms with Crippen molar-refractivity contribution >= 4 is 0 Å². The van der Waals surface area contributed by atoms with Gasteiger partial charge in [0.05, 0.1) is 0 Å². The molecule has 0 bridgehead atoms. The number of pyridine rings is 1. The van der Waals surface area contributed by atoms with E-state index >= 15 is 0 Å². The minimum atomic E-state index is -0.220. The monoisotopic (exact) mass is 332 g/mol. The van der Waals surface area contributed by atoms with Crippen molar-refractivity contribution in [3.63, 3.8) is 0 Å². The zero-order valence-corrected chi connectivity index (χ0v) is 13.3. The van der Waals surface area contributed by atoms with Gasteiger partial charge in [-0.1, -0.05) is 30.3 Å². The number of hydrogen-bond donors (Lipinski definition) is 1. The molecule has 0 saturated heterocycles. The molecule has 1 aliphatic rings. The minimum absolute atomic E-state index is 0.220. The topological polar surface area (TPSA) is 52.6 Å². The number of nitrogens with one attached hydrogen (secondary N) is 1. The number of hydroxylamine groups is 1. The SMILES string of the molecule is C1=C(Oc2ccncc2)NOC1c1ccc(Oc2ccccc2)cc1. The first-order valence-electron chi connectivity index (χ1n) is 7.91. The van der Waals surface area contributed by atoms with Gasteiger partial charge in [-0.3, -0.25) is 9.82 Å². The smallest absolute Gasteiger partial charge is 0.216 e. The molecule has 1 N–H and O–H groups in total. The first-order valence-corrected chi connectivity index (χ1v) is 7.91. The molecule has 4 rings (SSSR count). The fraction of sp³-hybridized carbons (Fsp3) is 0.0500. The Bertz CT molecular complexity index is 849. The molecule has 5 heteroatoms. The second-order valence-electron chi connectivity index (χ2n) is 5.44. The van der Waals surface area contributed by atoms with E-state index in [9.17, 15) is 0 Å². The number of hydrogen-bond acceptors (Lipinski definition) is 5. The fourth-order valence-corrected chi connectivity index (χ4v) is 2.43. The number of nitrogens with zero attached hydrogens (tertiary/aromatic N) is 1. The summed E-state index contributed by atoms with van der Waals surface area (Å²) in [6.45, 7) is 0. The van der Waals surface area contributed by atoms with Gasteiger partial charge in [0.1, 0.15) is 23.4 Å². The third kappa shape index (κ3) is 3.79. The highest BCUT2D eigenvalue weighted by atomic mass is 16.7. The lowest BCUT2D eigenvalue weighted by Gasteiger charge is -2.09. The van der Waals surface area contributed by atoms with E-state index in [2.05, 4.69) is 10.5 Å². The van der Waals surface area contributed by atoms with Crippen molar-refractivity contribution in [2.45, 2.75) is 6.10 Å². The van der Waals surface area contributed by atoms with Crippen LogP contribution in [0, 0.1) is 0 Å². The van der Waals surface area contributed by atoms with Crippen molar-refractivity contribution in [3.05, 3.63) is 96.6 Å². The van der Waals surface area contributed by atoms with E-state index in [1.807, 2.05) is 60.7 Å². The summed E-state index contributed by atoms with van der Waals surface area (Å²) in [5.74, 6) is 2.84. The summed E-state index contributed by atoms with van der Waals surface area (Å²) in [6, 6.07) is 21.0. The Hall–Kier alpha value is -3.31. The van der Waals surface area contributed by atoms with Crippen LogP contribution in [-0.2, 0) is 4.84 Å². The van der Waals surface area contributed by atoms with Crippen molar-refractivity contribution in [3.8, 4) is 17.2 Å². The van der Waals surface area contributed by atoms with E-state index in [0.717, 1.165) is 17.1 Å². The Labute approximate surface area is 145 Å². The molecule has 124 valence electrons. The molecule has 1 atom stereocenters. The number of benzene rings is 2. The Kier molecular flexibility index (Phi) is 4.31. The maximum Gasteiger partial charge on any atom is 0.216 e. The standard InChI is InChI=1S/C20H16N2O3/c1-2-4-16(5-3-1)23-17-8-6-15(7-9-17)19-14-20(22-25-19)24-18-10-12-21-13-11-18/h1-14,19,22H. The molecular weight excluding hydrogens is 316 g/mol. The highest BCUT2D eigenvalue weighted by molar-refractivity contribution is 5.35. The highest BCUT2D eigenvalue weighted by Crippen LogP contribution is 2.28. The van der Waals surface area contributed by atoms with Crippen molar-refractivity contribution < 1.29 is 14.3 Å². The minimum Gasteiger partial charge on any atom is -0.457 e. The number of ether oxygens (including phenoxy) is 2. The Morgan fingerprint density at radius 2 is 1.44 bits per heavy atom. The van der Waals surface area contributed by atoms with Gasteiger partial charge in [0.25, 0.3) is 0 Å². The summed E-state index contributed by atoms with van der Waals surface area (Å²) in [6.07, 6.45) is 5.01. The van der Waals surface area contributed by atoms with Crippen LogP contribution in [0.15, 0.2) is 91.1 Å². The summed E-state index contributed by atoms with van der Waals surface area (Å²) in [5.41, 5.74) is 3.80. The normalized spacial score (nSPS) is 16.0. The van der Waals surface area contributed by atoms with Gasteiger partial charge in [0, 0.05) is 18.5 Å². The quantitative estimate of drug-likeness (QED) is 0.752. The zero-order chi connectivity index (χ0) is 16.9. The largest absolute Gasteiger partial charge is 0.457 e. The molecule has 0 fully saturated rings. The maximum absolute atomic E-state index is 5.79. The predicted octanol–water partition coefficient (Wildman–Crippen LogP) is 4.37.